The van der Waals surface area contributed by atoms with Crippen molar-refractivity contribution in [1.29, 1.82) is 0 Å². The van der Waals surface area contributed by atoms with Gasteiger partial charge in [0.1, 0.15) is 5.82 Å². The lowest BCUT2D eigenvalue weighted by molar-refractivity contribution is -0.834. The van der Waals surface area contributed by atoms with E-state index in [4.69, 9.17) is 4.74 Å². The zero-order valence-electron chi connectivity index (χ0n) is 19.0. The Kier molecular flexibility index (Phi) is 7.26. The summed E-state index contributed by atoms with van der Waals surface area (Å²) in [5.74, 6) is -0.556. The number of likely N-dealkylation sites (N-methyl/N-ethyl adjacent to an activating group) is 2. The molecule has 168 valence electrons. The van der Waals surface area contributed by atoms with Gasteiger partial charge in [0.2, 0.25) is 0 Å². The number of carbonyl (C=O) groups excluding carboxylic acids is 2. The Labute approximate surface area is 188 Å². The van der Waals surface area contributed by atoms with Crippen LogP contribution >= 0.6 is 0 Å². The molecule has 3 rings (SSSR count). The smallest absolute Gasteiger partial charge is 0.420 e. The molecule has 6 heteroatoms. The summed E-state index contributed by atoms with van der Waals surface area (Å²) in [4.78, 5) is 27.9. The average Bonchev–Trinajstić information content (AvgIpc) is 2.77. The summed E-state index contributed by atoms with van der Waals surface area (Å²) in [7, 11) is 5.06. The highest BCUT2D eigenvalue weighted by Crippen LogP contribution is 2.22. The molecule has 0 aliphatic carbocycles. The molecule has 0 spiro atoms. The van der Waals surface area contributed by atoms with Crippen LogP contribution in [0, 0.1) is 5.82 Å². The van der Waals surface area contributed by atoms with Crippen molar-refractivity contribution in [3.8, 4) is 0 Å². The van der Waals surface area contributed by atoms with Gasteiger partial charge in [0.15, 0.2) is 6.04 Å². The number of nitrogens with zero attached hydrogens (tertiary/aromatic N) is 2. The van der Waals surface area contributed by atoms with E-state index < -0.39 is 12.1 Å². The molecule has 0 saturated carbocycles. The number of carbonyl (C=O) groups is 2. The van der Waals surface area contributed by atoms with Crippen molar-refractivity contribution in [2.24, 2.45) is 0 Å². The minimum atomic E-state index is -0.700. The minimum absolute atomic E-state index is 0.208. The van der Waals surface area contributed by atoms with E-state index in [0.717, 1.165) is 16.3 Å². The van der Waals surface area contributed by atoms with Crippen molar-refractivity contribution >= 4 is 22.8 Å². The van der Waals surface area contributed by atoms with E-state index in [1.807, 2.05) is 42.5 Å². The molecular weight excluding hydrogens is 407 g/mol. The first-order chi connectivity index (χ1) is 15.2. The molecule has 3 aromatic rings. The Morgan fingerprint density at radius 3 is 2.38 bits per heavy atom. The van der Waals surface area contributed by atoms with Gasteiger partial charge in [0.05, 0.1) is 20.7 Å². The van der Waals surface area contributed by atoms with Gasteiger partial charge in [0.25, 0.3) is 5.91 Å². The van der Waals surface area contributed by atoms with E-state index in [0.29, 0.717) is 12.0 Å². The standard InChI is InChI=1S/C26H30FN2O3/c1-5-32-26(31)29(3,4)24(17-19-13-14-21-10-6-7-11-22(21)15-19)25(30)28(2)18-20-9-8-12-23(27)16-20/h6-16,24H,5,17-18H2,1-4H3/q+1. The zero-order valence-corrected chi connectivity index (χ0v) is 19.0. The predicted octanol–water partition coefficient (Wildman–Crippen LogP) is 4.78. The second-order valence-corrected chi connectivity index (χ2v) is 8.46. The zero-order chi connectivity index (χ0) is 23.3. The molecule has 32 heavy (non-hydrogen) atoms. The van der Waals surface area contributed by atoms with Gasteiger partial charge in [-0.3, -0.25) is 4.79 Å². The molecule has 0 fully saturated rings. The number of benzene rings is 3. The average molecular weight is 438 g/mol. The molecular formula is C26H30FN2O3+. The molecule has 3 aromatic carbocycles. The molecule has 0 heterocycles. The van der Waals surface area contributed by atoms with Crippen molar-refractivity contribution < 1.29 is 23.2 Å². The Bertz CT molecular complexity index is 1110. The number of halogens is 1. The largest absolute Gasteiger partial charge is 0.516 e. The number of rotatable bonds is 7. The lowest BCUT2D eigenvalue weighted by atomic mass is 9.99. The van der Waals surface area contributed by atoms with E-state index in [9.17, 15) is 14.0 Å². The van der Waals surface area contributed by atoms with Crippen LogP contribution in [-0.4, -0.2) is 55.2 Å². The monoisotopic (exact) mass is 437 g/mol. The Morgan fingerprint density at radius 2 is 1.69 bits per heavy atom. The number of ether oxygens (including phenoxy) is 1. The summed E-state index contributed by atoms with van der Waals surface area (Å²) < 4.78 is 18.6. The van der Waals surface area contributed by atoms with E-state index in [1.54, 1.807) is 45.1 Å². The van der Waals surface area contributed by atoms with Crippen LogP contribution in [0.5, 0.6) is 0 Å². The normalized spacial score (nSPS) is 12.4. The highest BCUT2D eigenvalue weighted by molar-refractivity contribution is 5.85. The quantitative estimate of drug-likeness (QED) is 0.500. The summed E-state index contributed by atoms with van der Waals surface area (Å²) in [5, 5.41) is 2.19. The van der Waals surface area contributed by atoms with E-state index >= 15 is 0 Å². The summed E-state index contributed by atoms with van der Waals surface area (Å²) in [6, 6.07) is 19.5. The van der Waals surface area contributed by atoms with Crippen molar-refractivity contribution in [2.75, 3.05) is 27.7 Å². The van der Waals surface area contributed by atoms with Crippen LogP contribution in [0.2, 0.25) is 0 Å². The van der Waals surface area contributed by atoms with Crippen LogP contribution < -0.4 is 0 Å². The van der Waals surface area contributed by atoms with Crippen molar-refractivity contribution in [3.05, 3.63) is 83.7 Å². The summed E-state index contributed by atoms with van der Waals surface area (Å²) in [6.07, 6.45) is -0.103. The Hall–Kier alpha value is -3.25. The highest BCUT2D eigenvalue weighted by atomic mass is 19.1. The number of fused-ring (bicyclic) bond motifs is 1. The third-order valence-corrected chi connectivity index (χ3v) is 5.73. The predicted molar refractivity (Wildman–Crippen MR) is 123 cm³/mol. The van der Waals surface area contributed by atoms with Crippen LogP contribution in [0.25, 0.3) is 10.8 Å². The highest BCUT2D eigenvalue weighted by Gasteiger charge is 2.44. The number of hydrogen-bond donors (Lipinski definition) is 0. The summed E-state index contributed by atoms with van der Waals surface area (Å²) >= 11 is 0. The molecule has 0 saturated heterocycles. The third kappa shape index (κ3) is 5.32. The van der Waals surface area contributed by atoms with Gasteiger partial charge in [-0.1, -0.05) is 54.6 Å². The minimum Gasteiger partial charge on any atom is -0.420 e. The fourth-order valence-electron chi connectivity index (χ4n) is 3.84. The molecule has 1 unspecified atom stereocenters. The van der Waals surface area contributed by atoms with Gasteiger partial charge in [-0.25, -0.2) is 8.87 Å². The van der Waals surface area contributed by atoms with Gasteiger partial charge in [-0.2, -0.15) is 4.79 Å². The molecule has 0 aliphatic heterocycles. The van der Waals surface area contributed by atoms with Gasteiger partial charge in [0, 0.05) is 20.0 Å². The Balaban J connectivity index is 1.91. The lowest BCUT2D eigenvalue weighted by Gasteiger charge is -2.35. The molecule has 0 N–H and O–H groups in total. The second kappa shape index (κ2) is 9.92. The number of hydrogen-bond acceptors (Lipinski definition) is 3. The van der Waals surface area contributed by atoms with Crippen molar-refractivity contribution in [1.82, 2.24) is 4.90 Å². The molecule has 1 atom stereocenters. The fraction of sp³-hybridized carbons (Fsp3) is 0.308. The van der Waals surface area contributed by atoms with Crippen LogP contribution in [0.1, 0.15) is 18.1 Å². The molecule has 2 amide bonds. The first-order valence-corrected chi connectivity index (χ1v) is 10.7. The molecule has 0 aromatic heterocycles. The van der Waals surface area contributed by atoms with Crippen LogP contribution in [0.4, 0.5) is 9.18 Å². The SMILES string of the molecule is CCOC(=O)[N+](C)(C)C(Cc1ccc2ccccc2c1)C(=O)N(C)Cc1cccc(F)c1. The lowest BCUT2D eigenvalue weighted by Crippen LogP contribution is -2.60. The van der Waals surface area contributed by atoms with Crippen LogP contribution in [0.3, 0.4) is 0 Å². The summed E-state index contributed by atoms with van der Waals surface area (Å²) in [5.41, 5.74) is 1.64. The van der Waals surface area contributed by atoms with E-state index in [-0.39, 0.29) is 29.4 Å². The Morgan fingerprint density at radius 1 is 0.969 bits per heavy atom. The van der Waals surface area contributed by atoms with Gasteiger partial charge >= 0.3 is 6.09 Å². The maximum Gasteiger partial charge on any atom is 0.516 e. The topological polar surface area (TPSA) is 46.6 Å². The molecule has 0 aliphatic rings. The maximum absolute atomic E-state index is 13.6. The first kappa shape index (κ1) is 23.4. The van der Waals surface area contributed by atoms with Gasteiger partial charge in [-0.15, -0.1) is 0 Å². The first-order valence-electron chi connectivity index (χ1n) is 10.7. The third-order valence-electron chi connectivity index (χ3n) is 5.73. The number of quaternary nitrogens is 1. The maximum atomic E-state index is 13.6. The van der Waals surface area contributed by atoms with Gasteiger partial charge in [-0.05, 0) is 41.0 Å². The van der Waals surface area contributed by atoms with Crippen molar-refractivity contribution in [2.45, 2.75) is 25.9 Å². The number of amides is 2. The van der Waals surface area contributed by atoms with E-state index in [2.05, 4.69) is 0 Å². The fourth-order valence-corrected chi connectivity index (χ4v) is 3.84. The van der Waals surface area contributed by atoms with Crippen molar-refractivity contribution in [3.63, 3.8) is 0 Å². The second-order valence-electron chi connectivity index (χ2n) is 8.46. The molecule has 0 bridgehead atoms. The van der Waals surface area contributed by atoms with Crippen LogP contribution in [0.15, 0.2) is 66.7 Å². The molecule has 5 nitrogen and oxygen atoms in total. The van der Waals surface area contributed by atoms with Gasteiger partial charge < -0.3 is 9.64 Å². The van der Waals surface area contributed by atoms with Crippen LogP contribution in [-0.2, 0) is 22.5 Å². The van der Waals surface area contributed by atoms with E-state index in [1.165, 1.54) is 12.1 Å². The molecule has 0 radical (unpaired) electrons. The summed E-state index contributed by atoms with van der Waals surface area (Å²) in [6.45, 7) is 2.22.